The van der Waals surface area contributed by atoms with Gasteiger partial charge in [0.25, 0.3) is 0 Å². The SMILES string of the molecule is Cc1ccccc1C1(C#N)CCOCC1. The third-order valence-corrected chi connectivity index (χ3v) is 3.22. The van der Waals surface area contributed by atoms with Gasteiger partial charge in [-0.2, -0.15) is 5.26 Å². The zero-order valence-electron chi connectivity index (χ0n) is 8.99. The highest BCUT2D eigenvalue weighted by Gasteiger charge is 2.35. The van der Waals surface area contributed by atoms with Crippen molar-refractivity contribution in [3.05, 3.63) is 35.4 Å². The second-order valence-corrected chi connectivity index (χ2v) is 4.12. The smallest absolute Gasteiger partial charge is 0.0868 e. The van der Waals surface area contributed by atoms with E-state index in [1.807, 2.05) is 12.1 Å². The molecule has 15 heavy (non-hydrogen) atoms. The number of hydrogen-bond acceptors (Lipinski definition) is 2. The fourth-order valence-corrected chi connectivity index (χ4v) is 2.27. The van der Waals surface area contributed by atoms with Gasteiger partial charge in [-0.1, -0.05) is 24.3 Å². The Kier molecular flexibility index (Phi) is 2.75. The molecule has 1 aliphatic heterocycles. The highest BCUT2D eigenvalue weighted by molar-refractivity contribution is 5.38. The summed E-state index contributed by atoms with van der Waals surface area (Å²) in [5, 5.41) is 9.41. The van der Waals surface area contributed by atoms with Crippen LogP contribution in [-0.2, 0) is 10.2 Å². The monoisotopic (exact) mass is 201 g/mol. The van der Waals surface area contributed by atoms with Crippen molar-refractivity contribution in [3.63, 3.8) is 0 Å². The van der Waals surface area contributed by atoms with Gasteiger partial charge < -0.3 is 4.74 Å². The van der Waals surface area contributed by atoms with Gasteiger partial charge in [0.05, 0.1) is 11.5 Å². The van der Waals surface area contributed by atoms with E-state index in [0.29, 0.717) is 13.2 Å². The lowest BCUT2D eigenvalue weighted by Gasteiger charge is -2.32. The molecule has 0 radical (unpaired) electrons. The molecular weight excluding hydrogens is 186 g/mol. The summed E-state index contributed by atoms with van der Waals surface area (Å²) in [6.07, 6.45) is 1.63. The van der Waals surface area contributed by atoms with Crippen LogP contribution in [0.5, 0.6) is 0 Å². The quantitative estimate of drug-likeness (QED) is 0.699. The van der Waals surface area contributed by atoms with Crippen molar-refractivity contribution in [2.75, 3.05) is 13.2 Å². The first kappa shape index (κ1) is 10.2. The van der Waals surface area contributed by atoms with E-state index in [4.69, 9.17) is 4.74 Å². The van der Waals surface area contributed by atoms with Crippen LogP contribution < -0.4 is 0 Å². The van der Waals surface area contributed by atoms with Crippen LogP contribution in [0, 0.1) is 18.3 Å². The molecule has 0 spiro atoms. The van der Waals surface area contributed by atoms with Crippen LogP contribution in [0.15, 0.2) is 24.3 Å². The van der Waals surface area contributed by atoms with E-state index in [1.54, 1.807) is 0 Å². The number of nitrogens with zero attached hydrogens (tertiary/aromatic N) is 1. The highest BCUT2D eigenvalue weighted by Crippen LogP contribution is 2.35. The topological polar surface area (TPSA) is 33.0 Å². The summed E-state index contributed by atoms with van der Waals surface area (Å²) >= 11 is 0. The molecule has 0 saturated carbocycles. The average Bonchev–Trinajstić information content (AvgIpc) is 2.30. The second-order valence-electron chi connectivity index (χ2n) is 4.12. The lowest BCUT2D eigenvalue weighted by atomic mass is 9.74. The van der Waals surface area contributed by atoms with Gasteiger partial charge in [0.15, 0.2) is 0 Å². The molecule has 0 aliphatic carbocycles. The van der Waals surface area contributed by atoms with Crippen molar-refractivity contribution in [2.24, 2.45) is 0 Å². The molecule has 2 rings (SSSR count). The van der Waals surface area contributed by atoms with Gasteiger partial charge in [-0.25, -0.2) is 0 Å². The van der Waals surface area contributed by atoms with Gasteiger partial charge in [0.1, 0.15) is 0 Å². The molecule has 2 heteroatoms. The van der Waals surface area contributed by atoms with Crippen LogP contribution in [0.3, 0.4) is 0 Å². The third kappa shape index (κ3) is 1.75. The van der Waals surface area contributed by atoms with Crippen molar-refractivity contribution >= 4 is 0 Å². The lowest BCUT2D eigenvalue weighted by Crippen LogP contribution is -2.32. The Hall–Kier alpha value is -1.33. The number of aryl methyl sites for hydroxylation is 1. The van der Waals surface area contributed by atoms with Crippen LogP contribution >= 0.6 is 0 Å². The van der Waals surface area contributed by atoms with Gasteiger partial charge in [0.2, 0.25) is 0 Å². The molecule has 0 atom stereocenters. The van der Waals surface area contributed by atoms with Crippen LogP contribution in [0.2, 0.25) is 0 Å². The number of ether oxygens (including phenoxy) is 1. The minimum absolute atomic E-state index is 0.316. The summed E-state index contributed by atoms with van der Waals surface area (Å²) in [6.45, 7) is 3.47. The molecule has 1 aromatic rings. The van der Waals surface area contributed by atoms with Gasteiger partial charge in [0, 0.05) is 13.2 Å². The van der Waals surface area contributed by atoms with E-state index in [0.717, 1.165) is 12.8 Å². The van der Waals surface area contributed by atoms with Crippen LogP contribution in [0.25, 0.3) is 0 Å². The summed E-state index contributed by atoms with van der Waals surface area (Å²) in [7, 11) is 0. The minimum Gasteiger partial charge on any atom is -0.381 e. The van der Waals surface area contributed by atoms with E-state index in [2.05, 4.69) is 25.1 Å². The van der Waals surface area contributed by atoms with Crippen molar-refractivity contribution < 1.29 is 4.74 Å². The second kappa shape index (κ2) is 4.04. The maximum atomic E-state index is 9.41. The fraction of sp³-hybridized carbons (Fsp3) is 0.462. The molecule has 0 aromatic heterocycles. The number of benzene rings is 1. The summed E-state index contributed by atoms with van der Waals surface area (Å²) < 4.78 is 5.34. The van der Waals surface area contributed by atoms with E-state index in [1.165, 1.54) is 11.1 Å². The standard InChI is InChI=1S/C13H15NO/c1-11-4-2-3-5-12(11)13(10-14)6-8-15-9-7-13/h2-5H,6-9H2,1H3. The first-order valence-electron chi connectivity index (χ1n) is 5.34. The molecule has 1 aliphatic rings. The van der Waals surface area contributed by atoms with E-state index in [9.17, 15) is 5.26 Å². The van der Waals surface area contributed by atoms with E-state index in [-0.39, 0.29) is 5.41 Å². The van der Waals surface area contributed by atoms with Gasteiger partial charge in [-0.15, -0.1) is 0 Å². The Morgan fingerprint density at radius 2 is 1.93 bits per heavy atom. The molecule has 0 amide bonds. The first-order chi connectivity index (χ1) is 7.28. The van der Waals surface area contributed by atoms with E-state index < -0.39 is 0 Å². The van der Waals surface area contributed by atoms with Crippen molar-refractivity contribution in [2.45, 2.75) is 25.2 Å². The van der Waals surface area contributed by atoms with Crippen molar-refractivity contribution in [1.29, 1.82) is 5.26 Å². The predicted molar refractivity (Wildman–Crippen MR) is 58.5 cm³/mol. The number of hydrogen-bond donors (Lipinski definition) is 0. The van der Waals surface area contributed by atoms with Crippen molar-refractivity contribution in [3.8, 4) is 6.07 Å². The molecule has 0 N–H and O–H groups in total. The maximum Gasteiger partial charge on any atom is 0.0868 e. The first-order valence-corrected chi connectivity index (χ1v) is 5.34. The Bertz CT molecular complexity index is 386. The zero-order valence-corrected chi connectivity index (χ0v) is 8.99. The van der Waals surface area contributed by atoms with Crippen LogP contribution in [-0.4, -0.2) is 13.2 Å². The van der Waals surface area contributed by atoms with Crippen molar-refractivity contribution in [1.82, 2.24) is 0 Å². The molecule has 1 fully saturated rings. The Labute approximate surface area is 90.5 Å². The summed E-state index contributed by atoms with van der Waals surface area (Å²) in [5.74, 6) is 0. The molecule has 1 heterocycles. The van der Waals surface area contributed by atoms with Crippen LogP contribution in [0.4, 0.5) is 0 Å². The Morgan fingerprint density at radius 1 is 1.27 bits per heavy atom. The number of rotatable bonds is 1. The Balaban J connectivity index is 2.42. The maximum absolute atomic E-state index is 9.41. The molecule has 78 valence electrons. The molecule has 1 aromatic carbocycles. The van der Waals surface area contributed by atoms with Gasteiger partial charge >= 0.3 is 0 Å². The molecule has 2 nitrogen and oxygen atoms in total. The highest BCUT2D eigenvalue weighted by atomic mass is 16.5. The average molecular weight is 201 g/mol. The molecule has 1 saturated heterocycles. The Morgan fingerprint density at radius 3 is 2.53 bits per heavy atom. The zero-order chi connectivity index (χ0) is 10.7. The van der Waals surface area contributed by atoms with Gasteiger partial charge in [-0.05, 0) is 30.9 Å². The minimum atomic E-state index is -0.316. The number of nitriles is 1. The summed E-state index contributed by atoms with van der Waals surface area (Å²) in [6, 6.07) is 10.7. The normalized spacial score (nSPS) is 19.5. The summed E-state index contributed by atoms with van der Waals surface area (Å²) in [5.41, 5.74) is 2.07. The molecule has 0 bridgehead atoms. The van der Waals surface area contributed by atoms with Crippen LogP contribution in [0.1, 0.15) is 24.0 Å². The largest absolute Gasteiger partial charge is 0.381 e. The summed E-state index contributed by atoms with van der Waals surface area (Å²) in [4.78, 5) is 0. The molecular formula is C13H15NO. The third-order valence-electron chi connectivity index (χ3n) is 3.22. The fourth-order valence-electron chi connectivity index (χ4n) is 2.27. The lowest BCUT2D eigenvalue weighted by molar-refractivity contribution is 0.0674. The molecule has 0 unspecified atom stereocenters. The van der Waals surface area contributed by atoms with E-state index >= 15 is 0 Å². The van der Waals surface area contributed by atoms with Gasteiger partial charge in [-0.3, -0.25) is 0 Å². The predicted octanol–water partition coefficient (Wildman–Crippen LogP) is 2.57.